The van der Waals surface area contributed by atoms with Crippen LogP contribution in [0.2, 0.25) is 0 Å². The highest BCUT2D eigenvalue weighted by atomic mass is 16.4. The molecule has 0 radical (unpaired) electrons. The second-order valence-electron chi connectivity index (χ2n) is 11.7. The molecule has 0 bridgehead atoms. The fraction of sp³-hybridized carbons (Fsp3) is 0.312. The summed E-state index contributed by atoms with van der Waals surface area (Å²) in [6.07, 6.45) is 3.91. The second-order valence-corrected chi connectivity index (χ2v) is 11.7. The van der Waals surface area contributed by atoms with Crippen LogP contribution in [-0.4, -0.2) is 82.5 Å². The molecule has 0 aliphatic heterocycles. The Morgan fingerprint density at radius 2 is 1.81 bits per heavy atom. The van der Waals surface area contributed by atoms with E-state index in [0.717, 1.165) is 16.8 Å². The maximum atomic E-state index is 14.2. The first-order chi connectivity index (χ1) is 20.4. The lowest BCUT2D eigenvalue weighted by Crippen LogP contribution is -2.65. The van der Waals surface area contributed by atoms with Gasteiger partial charge in [-0.1, -0.05) is 30.3 Å². The summed E-state index contributed by atoms with van der Waals surface area (Å²) in [5, 5.41) is 34.8. The molecule has 6 rings (SSSR count). The summed E-state index contributed by atoms with van der Waals surface area (Å²) in [6.45, 7) is 0. The van der Waals surface area contributed by atoms with Crippen LogP contribution >= 0.6 is 0 Å². The Labute approximate surface area is 247 Å². The summed E-state index contributed by atoms with van der Waals surface area (Å²) >= 11 is 0. The normalized spacial score (nSPS) is 25.4. The van der Waals surface area contributed by atoms with E-state index in [1.807, 2.05) is 61.5 Å². The fourth-order valence-corrected chi connectivity index (χ4v) is 6.90. The topological polar surface area (TPSA) is 170 Å². The maximum Gasteiger partial charge on any atom is 0.255 e. The number of rotatable bonds is 5. The third kappa shape index (κ3) is 4.10. The lowest BCUT2D eigenvalue weighted by Gasteiger charge is -2.50. The van der Waals surface area contributed by atoms with Crippen molar-refractivity contribution in [3.05, 3.63) is 75.9 Å². The molecule has 1 fully saturated rings. The van der Waals surface area contributed by atoms with E-state index in [1.165, 1.54) is 4.90 Å². The lowest BCUT2D eigenvalue weighted by atomic mass is 9.57. The molecular formula is C32H32N4O7. The fourth-order valence-electron chi connectivity index (χ4n) is 6.90. The van der Waals surface area contributed by atoms with Crippen molar-refractivity contribution in [1.29, 1.82) is 0 Å². The van der Waals surface area contributed by atoms with Gasteiger partial charge in [0.2, 0.25) is 11.7 Å². The van der Waals surface area contributed by atoms with E-state index in [9.17, 15) is 29.7 Å². The Hall–Kier alpha value is -4.74. The summed E-state index contributed by atoms with van der Waals surface area (Å²) in [5.74, 6) is -5.89. The molecule has 1 aromatic heterocycles. The number of aliphatic hydroxyl groups excluding tert-OH is 2. The third-order valence-electron chi connectivity index (χ3n) is 8.79. The summed E-state index contributed by atoms with van der Waals surface area (Å²) in [4.78, 5) is 47.7. The van der Waals surface area contributed by atoms with Crippen molar-refractivity contribution in [2.45, 2.75) is 24.5 Å². The van der Waals surface area contributed by atoms with Gasteiger partial charge in [0.15, 0.2) is 17.0 Å². The Bertz CT molecular complexity index is 1800. The number of nitrogens with zero attached hydrogens (tertiary/aromatic N) is 3. The van der Waals surface area contributed by atoms with Crippen LogP contribution in [0.4, 0.5) is 5.69 Å². The molecule has 3 aliphatic carbocycles. The van der Waals surface area contributed by atoms with Crippen molar-refractivity contribution >= 4 is 52.2 Å². The minimum atomic E-state index is -2.65. The number of aliphatic hydroxyl groups is 3. The van der Waals surface area contributed by atoms with Crippen LogP contribution in [0, 0.1) is 11.8 Å². The van der Waals surface area contributed by atoms with Gasteiger partial charge in [-0.15, -0.1) is 0 Å². The zero-order valence-corrected chi connectivity index (χ0v) is 24.2. The number of anilines is 1. The van der Waals surface area contributed by atoms with E-state index in [2.05, 4.69) is 4.98 Å². The van der Waals surface area contributed by atoms with Crippen LogP contribution in [0.1, 0.15) is 29.0 Å². The van der Waals surface area contributed by atoms with E-state index in [4.69, 9.17) is 10.2 Å². The Kier molecular flexibility index (Phi) is 6.55. The molecule has 11 heteroatoms. The highest BCUT2D eigenvalue weighted by Gasteiger charge is 2.64. The van der Waals surface area contributed by atoms with Crippen LogP contribution in [0.15, 0.2) is 57.7 Å². The number of hydrogen-bond donors (Lipinski definition) is 4. The van der Waals surface area contributed by atoms with Gasteiger partial charge in [-0.3, -0.25) is 19.3 Å². The molecule has 1 heterocycles. The number of amides is 1. The lowest BCUT2D eigenvalue weighted by molar-refractivity contribution is -0.153. The molecule has 0 unspecified atom stereocenters. The summed E-state index contributed by atoms with van der Waals surface area (Å²) < 4.78 is 6.12. The number of aromatic nitrogens is 1. The van der Waals surface area contributed by atoms with Gasteiger partial charge >= 0.3 is 0 Å². The molecule has 3 aromatic rings. The number of ketones is 2. The Morgan fingerprint density at radius 1 is 1.12 bits per heavy atom. The number of carbonyl (C=O) groups excluding carboxylic acids is 3. The van der Waals surface area contributed by atoms with Gasteiger partial charge < -0.3 is 30.4 Å². The zero-order valence-electron chi connectivity index (χ0n) is 24.2. The molecule has 0 spiro atoms. The number of Topliss-reactive ketones (excluding diaryl/α,β-unsaturated/α-hetero) is 2. The molecule has 222 valence electrons. The molecule has 3 aliphatic rings. The van der Waals surface area contributed by atoms with E-state index >= 15 is 0 Å². The van der Waals surface area contributed by atoms with Crippen molar-refractivity contribution in [3.8, 4) is 0 Å². The number of oxazole rings is 1. The van der Waals surface area contributed by atoms with Gasteiger partial charge in [-0.05, 0) is 56.1 Å². The average molecular weight is 585 g/mol. The molecule has 4 atom stereocenters. The minimum Gasteiger partial charge on any atom is -0.508 e. The van der Waals surface area contributed by atoms with Crippen LogP contribution in [-0.2, 0) is 20.8 Å². The predicted molar refractivity (Wildman–Crippen MR) is 160 cm³/mol. The first-order valence-electron chi connectivity index (χ1n) is 13.9. The van der Waals surface area contributed by atoms with Crippen molar-refractivity contribution in [1.82, 2.24) is 9.88 Å². The molecule has 1 saturated carbocycles. The standard InChI is InChI=1S/C32H32N4O7/c1-35(2)20-14-19-28(43-21(34-19)11-10-15-8-6-5-7-9-15)23-17(20)12-16-13-18-25(36(3)4)27(38)24(31(33)41)30(40)32(18,42)29(39)22(16)26(23)37/h5-11,14,16,18,25,37,40,42H,12-13H2,1-4H3,(H2,33,41)/b11-10+/t16-,18-,25-,32-/m0/s1. The number of hydrogen-bond acceptors (Lipinski definition) is 10. The van der Waals surface area contributed by atoms with Crippen molar-refractivity contribution in [3.63, 3.8) is 0 Å². The van der Waals surface area contributed by atoms with Crippen LogP contribution in [0.5, 0.6) is 0 Å². The largest absolute Gasteiger partial charge is 0.508 e. The summed E-state index contributed by atoms with van der Waals surface area (Å²) in [7, 11) is 6.88. The van der Waals surface area contributed by atoms with Crippen LogP contribution < -0.4 is 10.6 Å². The number of likely N-dealkylation sites (N-methyl/N-ethyl adjacent to an activating group) is 1. The monoisotopic (exact) mass is 584 g/mol. The third-order valence-corrected chi connectivity index (χ3v) is 8.79. The first kappa shape index (κ1) is 28.4. The number of benzene rings is 2. The van der Waals surface area contributed by atoms with E-state index in [-0.39, 0.29) is 35.5 Å². The number of fused-ring (bicyclic) bond motifs is 5. The van der Waals surface area contributed by atoms with Gasteiger partial charge in [0, 0.05) is 37.3 Å². The van der Waals surface area contributed by atoms with Gasteiger partial charge in [0.05, 0.1) is 11.6 Å². The van der Waals surface area contributed by atoms with Gasteiger partial charge in [-0.2, -0.15) is 0 Å². The molecule has 11 nitrogen and oxygen atoms in total. The molecule has 2 aromatic carbocycles. The molecule has 1 amide bonds. The number of primary amides is 1. The predicted octanol–water partition coefficient (Wildman–Crippen LogP) is 2.64. The van der Waals surface area contributed by atoms with Crippen molar-refractivity contribution in [2.24, 2.45) is 17.6 Å². The van der Waals surface area contributed by atoms with E-state index in [0.29, 0.717) is 5.52 Å². The molecule has 5 N–H and O–H groups in total. The molecule has 0 saturated heterocycles. The van der Waals surface area contributed by atoms with E-state index < -0.39 is 58.0 Å². The van der Waals surface area contributed by atoms with E-state index in [1.54, 1.807) is 20.2 Å². The highest BCUT2D eigenvalue weighted by Crippen LogP contribution is 2.53. The molecule has 43 heavy (non-hydrogen) atoms. The number of carbonyl (C=O) groups is 3. The highest BCUT2D eigenvalue weighted by molar-refractivity contribution is 6.24. The average Bonchev–Trinajstić information content (AvgIpc) is 3.36. The maximum absolute atomic E-state index is 14.2. The number of nitrogens with two attached hydrogens (primary N) is 1. The Morgan fingerprint density at radius 3 is 2.44 bits per heavy atom. The summed E-state index contributed by atoms with van der Waals surface area (Å²) in [5.41, 5.74) is 5.26. The van der Waals surface area contributed by atoms with Crippen LogP contribution in [0.25, 0.3) is 29.0 Å². The van der Waals surface area contributed by atoms with Crippen molar-refractivity contribution in [2.75, 3.05) is 33.1 Å². The quantitative estimate of drug-likeness (QED) is 0.327. The first-order valence-corrected chi connectivity index (χ1v) is 13.9. The SMILES string of the molecule is CN(C)c1cc2nc(/C=C/c3ccccc3)oc2c2c1C[C@H]1C[C@H]3[C@H](N(C)C)C(=O)C(C(N)=O)=C(O)[C@@]3(O)C(=O)C1=C2O. The Balaban J connectivity index is 1.55. The summed E-state index contributed by atoms with van der Waals surface area (Å²) in [6, 6.07) is 10.3. The van der Waals surface area contributed by atoms with Gasteiger partial charge in [-0.25, -0.2) is 4.98 Å². The van der Waals surface area contributed by atoms with Crippen LogP contribution in [0.3, 0.4) is 0 Å². The smallest absolute Gasteiger partial charge is 0.255 e. The zero-order chi connectivity index (χ0) is 31.0. The second kappa shape index (κ2) is 9.92. The minimum absolute atomic E-state index is 0.0676. The van der Waals surface area contributed by atoms with Crippen molar-refractivity contribution < 1.29 is 34.1 Å². The molecular weight excluding hydrogens is 552 g/mol. The van der Waals surface area contributed by atoms with Gasteiger partial charge in [0.1, 0.15) is 22.6 Å². The van der Waals surface area contributed by atoms with Gasteiger partial charge in [0.25, 0.3) is 5.91 Å².